The molecule has 72 valence electrons. The highest BCUT2D eigenvalue weighted by Crippen LogP contribution is 2.12. The maximum Gasteiger partial charge on any atom is 0.404 e. The number of nitrogens with zero attached hydrogens (tertiary/aromatic N) is 1. The van der Waals surface area contributed by atoms with E-state index >= 15 is 0 Å². The van der Waals surface area contributed by atoms with Gasteiger partial charge in [0.05, 0.1) is 12.0 Å². The van der Waals surface area contributed by atoms with Crippen molar-refractivity contribution >= 4 is 6.09 Å². The van der Waals surface area contributed by atoms with Gasteiger partial charge in [-0.1, -0.05) is 30.3 Å². The number of carboxylic acid groups (broad SMARTS) is 1. The molecule has 1 aromatic carbocycles. The molecule has 0 saturated carbocycles. The van der Waals surface area contributed by atoms with E-state index in [0.29, 0.717) is 0 Å². The van der Waals surface area contributed by atoms with Crippen LogP contribution in [0.5, 0.6) is 0 Å². The van der Waals surface area contributed by atoms with E-state index in [0.717, 1.165) is 5.56 Å². The maximum absolute atomic E-state index is 10.2. The van der Waals surface area contributed by atoms with Gasteiger partial charge in [-0.05, 0) is 5.56 Å². The molecular weight excluding hydrogens is 180 g/mol. The maximum atomic E-state index is 10.2. The van der Waals surface area contributed by atoms with Gasteiger partial charge in [0.1, 0.15) is 0 Å². The van der Waals surface area contributed by atoms with Crippen LogP contribution in [-0.4, -0.2) is 17.7 Å². The fourth-order valence-corrected chi connectivity index (χ4v) is 1.11. The minimum Gasteiger partial charge on any atom is -0.465 e. The molecule has 4 nitrogen and oxygen atoms in total. The van der Waals surface area contributed by atoms with Crippen LogP contribution in [0.15, 0.2) is 30.3 Å². The minimum atomic E-state index is -1.11. The molecule has 0 aliphatic rings. The fraction of sp³-hybridized carbons (Fsp3) is 0.200. The van der Waals surface area contributed by atoms with Crippen molar-refractivity contribution in [2.24, 2.45) is 0 Å². The molecule has 1 amide bonds. The van der Waals surface area contributed by atoms with Gasteiger partial charge in [-0.15, -0.1) is 0 Å². The quantitative estimate of drug-likeness (QED) is 0.759. The molecule has 0 saturated heterocycles. The van der Waals surface area contributed by atoms with Gasteiger partial charge in [-0.25, -0.2) is 4.79 Å². The first-order valence-electron chi connectivity index (χ1n) is 4.15. The van der Waals surface area contributed by atoms with E-state index in [1.165, 1.54) is 0 Å². The second-order valence-electron chi connectivity index (χ2n) is 2.78. The van der Waals surface area contributed by atoms with Crippen molar-refractivity contribution in [3.05, 3.63) is 35.9 Å². The lowest BCUT2D eigenvalue weighted by atomic mass is 10.0. The molecule has 1 aromatic rings. The molecule has 0 spiro atoms. The molecule has 14 heavy (non-hydrogen) atoms. The predicted molar refractivity (Wildman–Crippen MR) is 50.8 cm³/mol. The van der Waals surface area contributed by atoms with Gasteiger partial charge >= 0.3 is 6.09 Å². The Morgan fingerprint density at radius 2 is 2.14 bits per heavy atom. The van der Waals surface area contributed by atoms with E-state index in [9.17, 15) is 4.79 Å². The largest absolute Gasteiger partial charge is 0.465 e. The van der Waals surface area contributed by atoms with Gasteiger partial charge < -0.3 is 10.4 Å². The number of carbonyl (C=O) groups is 1. The van der Waals surface area contributed by atoms with Gasteiger partial charge in [0, 0.05) is 6.54 Å². The first-order valence-corrected chi connectivity index (χ1v) is 4.15. The Labute approximate surface area is 81.8 Å². The number of nitriles is 1. The van der Waals surface area contributed by atoms with Gasteiger partial charge in [0.25, 0.3) is 0 Å². The molecule has 0 bridgehead atoms. The molecule has 0 radical (unpaired) electrons. The summed E-state index contributed by atoms with van der Waals surface area (Å²) in [4.78, 5) is 10.2. The highest BCUT2D eigenvalue weighted by molar-refractivity contribution is 5.64. The first-order chi connectivity index (χ1) is 6.74. The summed E-state index contributed by atoms with van der Waals surface area (Å²) in [7, 11) is 0. The van der Waals surface area contributed by atoms with Crippen molar-refractivity contribution in [2.45, 2.75) is 5.92 Å². The Bertz CT molecular complexity index is 343. The van der Waals surface area contributed by atoms with Gasteiger partial charge in [0.15, 0.2) is 0 Å². The zero-order valence-electron chi connectivity index (χ0n) is 7.47. The summed E-state index contributed by atoms with van der Waals surface area (Å²) in [6, 6.07) is 11.1. The van der Waals surface area contributed by atoms with Crippen LogP contribution in [0.3, 0.4) is 0 Å². The van der Waals surface area contributed by atoms with Crippen molar-refractivity contribution in [1.82, 2.24) is 5.32 Å². The van der Waals surface area contributed by atoms with E-state index < -0.39 is 12.0 Å². The molecular formula is C10H10N2O2. The van der Waals surface area contributed by atoms with Crippen LogP contribution < -0.4 is 5.32 Å². The molecule has 0 fully saturated rings. The monoisotopic (exact) mass is 190 g/mol. The van der Waals surface area contributed by atoms with E-state index in [2.05, 4.69) is 5.32 Å². The normalized spacial score (nSPS) is 11.4. The number of hydrogen-bond donors (Lipinski definition) is 2. The number of nitrogens with one attached hydrogen (secondary N) is 1. The molecule has 1 atom stereocenters. The Balaban J connectivity index is 2.65. The number of amides is 1. The lowest BCUT2D eigenvalue weighted by Gasteiger charge is -2.08. The van der Waals surface area contributed by atoms with Gasteiger partial charge in [0.2, 0.25) is 0 Å². The zero-order valence-corrected chi connectivity index (χ0v) is 7.47. The van der Waals surface area contributed by atoms with Crippen molar-refractivity contribution < 1.29 is 9.90 Å². The minimum absolute atomic E-state index is 0.121. The van der Waals surface area contributed by atoms with E-state index in [-0.39, 0.29) is 6.54 Å². The molecule has 0 aliphatic heterocycles. The van der Waals surface area contributed by atoms with Crippen LogP contribution >= 0.6 is 0 Å². The van der Waals surface area contributed by atoms with Gasteiger partial charge in [-0.2, -0.15) is 5.26 Å². The highest BCUT2D eigenvalue weighted by Gasteiger charge is 2.10. The molecule has 2 N–H and O–H groups in total. The fourth-order valence-electron chi connectivity index (χ4n) is 1.11. The number of benzene rings is 1. The highest BCUT2D eigenvalue weighted by atomic mass is 16.4. The smallest absolute Gasteiger partial charge is 0.404 e. The summed E-state index contributed by atoms with van der Waals surface area (Å²) in [5.41, 5.74) is 0.823. The molecule has 0 heterocycles. The lowest BCUT2D eigenvalue weighted by Crippen LogP contribution is -2.26. The third-order valence-electron chi connectivity index (χ3n) is 1.82. The van der Waals surface area contributed by atoms with Crippen molar-refractivity contribution in [3.63, 3.8) is 0 Å². The van der Waals surface area contributed by atoms with E-state index in [1.54, 1.807) is 12.1 Å². The molecule has 4 heteroatoms. The lowest BCUT2D eigenvalue weighted by molar-refractivity contribution is 0.194. The molecule has 0 aliphatic carbocycles. The standard InChI is InChI=1S/C10H10N2O2/c11-6-9(7-12-10(13)14)8-4-2-1-3-5-8/h1-5,9,12H,7H2,(H,13,14). The van der Waals surface area contributed by atoms with Crippen LogP contribution in [0.4, 0.5) is 4.79 Å². The topological polar surface area (TPSA) is 73.1 Å². The van der Waals surface area contributed by atoms with Crippen molar-refractivity contribution in [3.8, 4) is 6.07 Å². The Hall–Kier alpha value is -2.02. The van der Waals surface area contributed by atoms with Crippen LogP contribution in [0.2, 0.25) is 0 Å². The van der Waals surface area contributed by atoms with Crippen LogP contribution in [0.25, 0.3) is 0 Å². The van der Waals surface area contributed by atoms with Crippen LogP contribution in [-0.2, 0) is 0 Å². The average molecular weight is 190 g/mol. The van der Waals surface area contributed by atoms with Crippen molar-refractivity contribution in [2.75, 3.05) is 6.54 Å². The third kappa shape index (κ3) is 2.79. The van der Waals surface area contributed by atoms with E-state index in [1.807, 2.05) is 24.3 Å². The summed E-state index contributed by atoms with van der Waals surface area (Å²) in [5.74, 6) is -0.424. The molecule has 1 unspecified atom stereocenters. The van der Waals surface area contributed by atoms with E-state index in [4.69, 9.17) is 10.4 Å². The second kappa shape index (κ2) is 4.87. The zero-order chi connectivity index (χ0) is 10.4. The summed E-state index contributed by atoms with van der Waals surface area (Å²) >= 11 is 0. The summed E-state index contributed by atoms with van der Waals surface area (Å²) in [5, 5.41) is 19.4. The Morgan fingerprint density at radius 3 is 2.64 bits per heavy atom. The first kappa shape index (κ1) is 10.1. The summed E-state index contributed by atoms with van der Waals surface area (Å²) in [6.07, 6.45) is -1.11. The average Bonchev–Trinajstić information content (AvgIpc) is 2.20. The van der Waals surface area contributed by atoms with Gasteiger partial charge in [-0.3, -0.25) is 0 Å². The summed E-state index contributed by atoms with van der Waals surface area (Å²) < 4.78 is 0. The molecule has 1 rings (SSSR count). The second-order valence-corrected chi connectivity index (χ2v) is 2.78. The van der Waals surface area contributed by atoms with Crippen molar-refractivity contribution in [1.29, 1.82) is 5.26 Å². The Morgan fingerprint density at radius 1 is 1.50 bits per heavy atom. The van der Waals surface area contributed by atoms with Crippen LogP contribution in [0, 0.1) is 11.3 Å². The SMILES string of the molecule is N#CC(CNC(=O)O)c1ccccc1. The predicted octanol–water partition coefficient (Wildman–Crippen LogP) is 1.56. The van der Waals surface area contributed by atoms with Crippen LogP contribution in [0.1, 0.15) is 11.5 Å². The number of hydrogen-bond acceptors (Lipinski definition) is 2. The Kier molecular flexibility index (Phi) is 3.50. The summed E-state index contributed by atoms with van der Waals surface area (Å²) in [6.45, 7) is 0.121. The third-order valence-corrected chi connectivity index (χ3v) is 1.82. The molecule has 0 aromatic heterocycles. The number of rotatable bonds is 3.